The van der Waals surface area contributed by atoms with Gasteiger partial charge in [0, 0.05) is 19.3 Å². The molecule has 3 amide bonds. The van der Waals surface area contributed by atoms with E-state index in [1.54, 1.807) is 13.1 Å². The zero-order valence-corrected chi connectivity index (χ0v) is 9.99. The van der Waals surface area contributed by atoms with Crippen molar-refractivity contribution in [1.82, 2.24) is 16.0 Å². The van der Waals surface area contributed by atoms with Crippen molar-refractivity contribution in [2.24, 2.45) is 5.92 Å². The molecule has 3 N–H and O–H groups in total. The molecular formula is C11H19N3O3. The zero-order valence-electron chi connectivity index (χ0n) is 9.99. The molecule has 1 rings (SSSR count). The summed E-state index contributed by atoms with van der Waals surface area (Å²) in [6, 6.07) is -0.271. The van der Waals surface area contributed by atoms with Crippen molar-refractivity contribution >= 4 is 12.1 Å². The van der Waals surface area contributed by atoms with Crippen molar-refractivity contribution in [3.63, 3.8) is 0 Å². The predicted octanol–water partition coefficient (Wildman–Crippen LogP) is 0.955. The number of carbonyl (C=O) groups is 2. The van der Waals surface area contributed by atoms with E-state index >= 15 is 0 Å². The van der Waals surface area contributed by atoms with Crippen LogP contribution in [-0.2, 0) is 4.74 Å². The minimum absolute atomic E-state index is 0.271. The molecular weight excluding hydrogens is 222 g/mol. The molecule has 0 saturated heterocycles. The Labute approximate surface area is 101 Å². The Kier molecular flexibility index (Phi) is 5.92. The topological polar surface area (TPSA) is 79.5 Å². The average Bonchev–Trinajstić information content (AvgIpc) is 3.09. The number of hydrogen-bond acceptors (Lipinski definition) is 3. The van der Waals surface area contributed by atoms with Crippen LogP contribution < -0.4 is 16.0 Å². The minimum atomic E-state index is -0.469. The van der Waals surface area contributed by atoms with Crippen molar-refractivity contribution in [1.29, 1.82) is 0 Å². The molecule has 1 aliphatic carbocycles. The molecule has 1 fully saturated rings. The summed E-state index contributed by atoms with van der Waals surface area (Å²) >= 11 is 0. The molecule has 1 saturated carbocycles. The summed E-state index contributed by atoms with van der Waals surface area (Å²) < 4.78 is 4.66. The van der Waals surface area contributed by atoms with E-state index in [9.17, 15) is 9.59 Å². The van der Waals surface area contributed by atoms with E-state index in [0.29, 0.717) is 25.6 Å². The highest BCUT2D eigenvalue weighted by atomic mass is 16.5. The lowest BCUT2D eigenvalue weighted by atomic mass is 10.4. The maximum Gasteiger partial charge on any atom is 0.407 e. The Morgan fingerprint density at radius 2 is 2.00 bits per heavy atom. The van der Waals surface area contributed by atoms with Gasteiger partial charge in [-0.25, -0.2) is 9.59 Å². The van der Waals surface area contributed by atoms with Crippen molar-refractivity contribution in [3.8, 4) is 0 Å². The van der Waals surface area contributed by atoms with Gasteiger partial charge in [-0.3, -0.25) is 0 Å². The molecule has 0 aromatic heterocycles. The summed E-state index contributed by atoms with van der Waals surface area (Å²) in [5.74, 6) is 0.640. The van der Waals surface area contributed by atoms with Gasteiger partial charge in [0.2, 0.25) is 0 Å². The first-order valence-corrected chi connectivity index (χ1v) is 5.84. The SMILES string of the molecule is CCOC(=O)NCCNC(=O)N/C=C/C1CC1. The van der Waals surface area contributed by atoms with Crippen LogP contribution in [0.15, 0.2) is 12.3 Å². The molecule has 0 atom stereocenters. The van der Waals surface area contributed by atoms with E-state index in [1.807, 2.05) is 6.08 Å². The Morgan fingerprint density at radius 1 is 1.29 bits per heavy atom. The monoisotopic (exact) mass is 241 g/mol. The van der Waals surface area contributed by atoms with Crippen molar-refractivity contribution in [3.05, 3.63) is 12.3 Å². The fourth-order valence-corrected chi connectivity index (χ4v) is 1.12. The fourth-order valence-electron chi connectivity index (χ4n) is 1.12. The van der Waals surface area contributed by atoms with E-state index in [4.69, 9.17) is 0 Å². The predicted molar refractivity (Wildman–Crippen MR) is 63.4 cm³/mol. The Hall–Kier alpha value is -1.72. The van der Waals surface area contributed by atoms with Crippen LogP contribution >= 0.6 is 0 Å². The summed E-state index contributed by atoms with van der Waals surface area (Å²) in [4.78, 5) is 22.1. The van der Waals surface area contributed by atoms with Gasteiger partial charge in [-0.2, -0.15) is 0 Å². The molecule has 0 unspecified atom stereocenters. The fraction of sp³-hybridized carbons (Fsp3) is 0.636. The summed E-state index contributed by atoms with van der Waals surface area (Å²) in [5.41, 5.74) is 0. The Bertz CT molecular complexity index is 288. The van der Waals surface area contributed by atoms with Gasteiger partial charge in [0.05, 0.1) is 6.61 Å². The molecule has 0 radical (unpaired) electrons. The van der Waals surface area contributed by atoms with E-state index < -0.39 is 6.09 Å². The van der Waals surface area contributed by atoms with Crippen LogP contribution in [0.5, 0.6) is 0 Å². The molecule has 6 nitrogen and oxygen atoms in total. The van der Waals surface area contributed by atoms with E-state index in [0.717, 1.165) is 0 Å². The highest BCUT2D eigenvalue weighted by Crippen LogP contribution is 2.29. The van der Waals surface area contributed by atoms with Gasteiger partial charge in [0.25, 0.3) is 0 Å². The minimum Gasteiger partial charge on any atom is -0.450 e. The summed E-state index contributed by atoms with van der Waals surface area (Å²) in [6.07, 6.45) is 5.60. The normalized spacial score (nSPS) is 14.4. The first-order chi connectivity index (χ1) is 8.22. The van der Waals surface area contributed by atoms with Crippen LogP contribution in [0.4, 0.5) is 9.59 Å². The van der Waals surface area contributed by atoms with E-state index in [-0.39, 0.29) is 6.03 Å². The quantitative estimate of drug-likeness (QED) is 0.606. The van der Waals surface area contributed by atoms with Crippen LogP contribution in [0.3, 0.4) is 0 Å². The first kappa shape index (κ1) is 13.3. The second kappa shape index (κ2) is 7.54. The number of ether oxygens (including phenoxy) is 1. The maximum absolute atomic E-state index is 11.2. The highest BCUT2D eigenvalue weighted by Gasteiger charge is 2.16. The number of hydrogen-bond donors (Lipinski definition) is 3. The second-order valence-electron chi connectivity index (χ2n) is 3.74. The first-order valence-electron chi connectivity index (χ1n) is 5.84. The third kappa shape index (κ3) is 7.21. The van der Waals surface area contributed by atoms with Crippen LogP contribution in [0.25, 0.3) is 0 Å². The summed E-state index contributed by atoms with van der Waals surface area (Å²) in [7, 11) is 0. The molecule has 0 aromatic rings. The lowest BCUT2D eigenvalue weighted by Crippen LogP contribution is -2.38. The lowest BCUT2D eigenvalue weighted by Gasteiger charge is -2.06. The highest BCUT2D eigenvalue weighted by molar-refractivity contribution is 5.75. The third-order valence-electron chi connectivity index (χ3n) is 2.16. The largest absolute Gasteiger partial charge is 0.450 e. The van der Waals surface area contributed by atoms with Crippen LogP contribution in [0, 0.1) is 5.92 Å². The van der Waals surface area contributed by atoms with Gasteiger partial charge < -0.3 is 20.7 Å². The maximum atomic E-state index is 11.2. The summed E-state index contributed by atoms with van der Waals surface area (Å²) in [6.45, 7) is 2.78. The lowest BCUT2D eigenvalue weighted by molar-refractivity contribution is 0.152. The van der Waals surface area contributed by atoms with Gasteiger partial charge in [0.15, 0.2) is 0 Å². The number of alkyl carbamates (subject to hydrolysis) is 1. The zero-order chi connectivity index (χ0) is 12.5. The number of allylic oxidation sites excluding steroid dienone is 1. The molecule has 0 heterocycles. The van der Waals surface area contributed by atoms with Crippen LogP contribution in [-0.4, -0.2) is 31.8 Å². The number of carbonyl (C=O) groups excluding carboxylic acids is 2. The number of urea groups is 1. The molecule has 0 bridgehead atoms. The van der Waals surface area contributed by atoms with Crippen molar-refractivity contribution < 1.29 is 14.3 Å². The Morgan fingerprint density at radius 3 is 2.65 bits per heavy atom. The van der Waals surface area contributed by atoms with Gasteiger partial charge >= 0.3 is 12.1 Å². The summed E-state index contributed by atoms with van der Waals surface area (Å²) in [5, 5.41) is 7.70. The van der Waals surface area contributed by atoms with Gasteiger partial charge in [-0.1, -0.05) is 6.08 Å². The van der Waals surface area contributed by atoms with Gasteiger partial charge in [-0.15, -0.1) is 0 Å². The molecule has 6 heteroatoms. The molecule has 0 spiro atoms. The number of rotatable bonds is 6. The smallest absolute Gasteiger partial charge is 0.407 e. The van der Waals surface area contributed by atoms with Crippen LogP contribution in [0.2, 0.25) is 0 Å². The van der Waals surface area contributed by atoms with E-state index in [2.05, 4.69) is 20.7 Å². The molecule has 0 aliphatic heterocycles. The molecule has 1 aliphatic rings. The average molecular weight is 241 g/mol. The van der Waals surface area contributed by atoms with Gasteiger partial charge in [0.1, 0.15) is 0 Å². The number of amides is 3. The number of nitrogens with one attached hydrogen (secondary N) is 3. The Balaban J connectivity index is 1.94. The second-order valence-corrected chi connectivity index (χ2v) is 3.74. The van der Waals surface area contributed by atoms with Crippen molar-refractivity contribution in [2.75, 3.05) is 19.7 Å². The van der Waals surface area contributed by atoms with Crippen molar-refractivity contribution in [2.45, 2.75) is 19.8 Å². The third-order valence-corrected chi connectivity index (χ3v) is 2.16. The van der Waals surface area contributed by atoms with Crippen LogP contribution in [0.1, 0.15) is 19.8 Å². The molecule has 17 heavy (non-hydrogen) atoms. The van der Waals surface area contributed by atoms with Gasteiger partial charge in [-0.05, 0) is 25.7 Å². The molecule has 96 valence electrons. The molecule has 0 aromatic carbocycles. The van der Waals surface area contributed by atoms with E-state index in [1.165, 1.54) is 12.8 Å². The standard InChI is InChI=1S/C11H19N3O3/c1-2-17-11(16)14-8-7-13-10(15)12-6-5-9-3-4-9/h5-6,9H,2-4,7-8H2,1H3,(H,14,16)(H2,12,13,15)/b6-5+.